The highest BCUT2D eigenvalue weighted by Crippen LogP contribution is 2.28. The van der Waals surface area contributed by atoms with E-state index in [1.54, 1.807) is 6.21 Å². The third-order valence-electron chi connectivity index (χ3n) is 4.38. The number of nitrogens with one attached hydrogen (secondary N) is 1. The number of hydrazone groups is 1. The predicted octanol–water partition coefficient (Wildman–Crippen LogP) is 5.70. The van der Waals surface area contributed by atoms with Gasteiger partial charge in [-0.05, 0) is 30.3 Å². The van der Waals surface area contributed by atoms with Crippen molar-refractivity contribution in [2.75, 3.05) is 5.75 Å². The Labute approximate surface area is 206 Å². The van der Waals surface area contributed by atoms with Crippen LogP contribution in [0.5, 0.6) is 0 Å². The molecule has 0 bridgehead atoms. The molecule has 3 aromatic carbocycles. The van der Waals surface area contributed by atoms with Gasteiger partial charge in [-0.25, -0.2) is 5.43 Å². The highest BCUT2D eigenvalue weighted by atomic mass is 79.9. The number of hydrogen-bond donors (Lipinski definition) is 1. The first kappa shape index (κ1) is 22.4. The van der Waals surface area contributed by atoms with Crippen molar-refractivity contribution in [3.63, 3.8) is 0 Å². The molecule has 32 heavy (non-hydrogen) atoms. The van der Waals surface area contributed by atoms with Crippen molar-refractivity contribution in [3.05, 3.63) is 93.4 Å². The van der Waals surface area contributed by atoms with Crippen LogP contribution in [-0.2, 0) is 4.79 Å². The van der Waals surface area contributed by atoms with Crippen molar-refractivity contribution < 1.29 is 4.79 Å². The van der Waals surface area contributed by atoms with Crippen LogP contribution >= 0.6 is 43.6 Å². The molecule has 0 aliphatic carbocycles. The van der Waals surface area contributed by atoms with E-state index in [0.717, 1.165) is 25.8 Å². The number of benzene rings is 3. The molecule has 6 nitrogen and oxygen atoms in total. The molecule has 0 aliphatic rings. The van der Waals surface area contributed by atoms with Crippen LogP contribution in [0.4, 0.5) is 0 Å². The van der Waals surface area contributed by atoms with E-state index < -0.39 is 0 Å². The van der Waals surface area contributed by atoms with Crippen LogP contribution < -0.4 is 5.43 Å². The lowest BCUT2D eigenvalue weighted by Crippen LogP contribution is -2.20. The number of rotatable bonds is 7. The standard InChI is InChI=1S/C23H17Br2N5OS/c24-18-12-10-16(11-13-18)22-28-29-23(30(22)19-7-2-1-3-8-19)32-15-21(31)27-26-14-17-6-4-5-9-20(17)25/h1-14H,15H2,(H,27,31)/b26-14-. The second-order valence-corrected chi connectivity index (χ2v) is 9.30. The smallest absolute Gasteiger partial charge is 0.250 e. The summed E-state index contributed by atoms with van der Waals surface area (Å²) in [5.74, 6) is 0.628. The summed E-state index contributed by atoms with van der Waals surface area (Å²) in [6, 6.07) is 25.4. The Morgan fingerprint density at radius 1 is 0.969 bits per heavy atom. The number of hydrogen-bond acceptors (Lipinski definition) is 5. The minimum absolute atomic E-state index is 0.151. The highest BCUT2D eigenvalue weighted by molar-refractivity contribution is 9.10. The van der Waals surface area contributed by atoms with Gasteiger partial charge in [-0.15, -0.1) is 10.2 Å². The van der Waals surface area contributed by atoms with E-state index in [4.69, 9.17) is 0 Å². The van der Waals surface area contributed by atoms with Gasteiger partial charge < -0.3 is 0 Å². The van der Waals surface area contributed by atoms with Crippen LogP contribution in [-0.4, -0.2) is 32.6 Å². The number of halogens is 2. The molecule has 1 heterocycles. The Morgan fingerprint density at radius 3 is 2.44 bits per heavy atom. The van der Waals surface area contributed by atoms with Gasteiger partial charge in [-0.1, -0.05) is 92.2 Å². The van der Waals surface area contributed by atoms with E-state index in [1.807, 2.05) is 83.4 Å². The zero-order valence-corrected chi connectivity index (χ0v) is 20.6. The fourth-order valence-electron chi connectivity index (χ4n) is 2.88. The summed E-state index contributed by atoms with van der Waals surface area (Å²) in [6.07, 6.45) is 1.60. The largest absolute Gasteiger partial charge is 0.272 e. The summed E-state index contributed by atoms with van der Waals surface area (Å²) in [6.45, 7) is 0. The molecule has 0 atom stereocenters. The van der Waals surface area contributed by atoms with Gasteiger partial charge in [0.15, 0.2) is 11.0 Å². The SMILES string of the molecule is O=C(CSc1nnc(-c2ccc(Br)cc2)n1-c1ccccc1)N/N=C\c1ccccc1Br. The van der Waals surface area contributed by atoms with Crippen LogP contribution in [0.3, 0.4) is 0 Å². The number of nitrogens with zero attached hydrogens (tertiary/aromatic N) is 4. The van der Waals surface area contributed by atoms with Crippen molar-refractivity contribution in [2.24, 2.45) is 5.10 Å². The van der Waals surface area contributed by atoms with Gasteiger partial charge >= 0.3 is 0 Å². The molecular formula is C23H17Br2N5OS. The van der Waals surface area contributed by atoms with E-state index in [9.17, 15) is 4.79 Å². The molecule has 0 saturated heterocycles. The molecule has 4 rings (SSSR count). The first-order valence-electron chi connectivity index (χ1n) is 9.58. The quantitative estimate of drug-likeness (QED) is 0.176. The summed E-state index contributed by atoms with van der Waals surface area (Å²) < 4.78 is 3.84. The minimum atomic E-state index is -0.230. The van der Waals surface area contributed by atoms with E-state index in [2.05, 4.69) is 52.6 Å². The second kappa shape index (κ2) is 10.7. The average Bonchev–Trinajstić information content (AvgIpc) is 3.24. The number of amides is 1. The zero-order valence-electron chi connectivity index (χ0n) is 16.7. The van der Waals surface area contributed by atoms with Gasteiger partial charge in [0.25, 0.3) is 5.91 Å². The third kappa shape index (κ3) is 5.53. The lowest BCUT2D eigenvalue weighted by molar-refractivity contribution is -0.118. The second-order valence-electron chi connectivity index (χ2n) is 6.59. The molecule has 9 heteroatoms. The van der Waals surface area contributed by atoms with E-state index >= 15 is 0 Å². The van der Waals surface area contributed by atoms with Gasteiger partial charge in [0.2, 0.25) is 0 Å². The van der Waals surface area contributed by atoms with E-state index in [-0.39, 0.29) is 11.7 Å². The molecule has 0 aliphatic heterocycles. The van der Waals surface area contributed by atoms with Gasteiger partial charge in [0, 0.05) is 25.8 Å². The molecule has 0 unspecified atom stereocenters. The van der Waals surface area contributed by atoms with Crippen molar-refractivity contribution in [1.82, 2.24) is 20.2 Å². The Hall–Kier alpha value is -2.75. The summed E-state index contributed by atoms with van der Waals surface area (Å²) in [4.78, 5) is 12.3. The van der Waals surface area contributed by atoms with Gasteiger partial charge in [0.05, 0.1) is 12.0 Å². The Balaban J connectivity index is 1.50. The third-order valence-corrected chi connectivity index (χ3v) is 6.56. The first-order chi connectivity index (χ1) is 15.6. The number of carbonyl (C=O) groups is 1. The van der Waals surface area contributed by atoms with E-state index in [1.165, 1.54) is 11.8 Å². The number of aromatic nitrogens is 3. The molecule has 160 valence electrons. The molecule has 1 amide bonds. The maximum absolute atomic E-state index is 12.3. The highest BCUT2D eigenvalue weighted by Gasteiger charge is 2.17. The molecule has 1 aromatic heterocycles. The Bertz CT molecular complexity index is 1240. The average molecular weight is 571 g/mol. The van der Waals surface area contributed by atoms with Crippen LogP contribution in [0, 0.1) is 0 Å². The van der Waals surface area contributed by atoms with Crippen molar-refractivity contribution in [1.29, 1.82) is 0 Å². The van der Waals surface area contributed by atoms with Crippen molar-refractivity contribution >= 4 is 55.7 Å². The van der Waals surface area contributed by atoms with Crippen LogP contribution in [0.15, 0.2) is 98.1 Å². The molecule has 1 N–H and O–H groups in total. The topological polar surface area (TPSA) is 72.2 Å². The molecule has 0 fully saturated rings. The Kier molecular flexibility index (Phi) is 7.51. The maximum atomic E-state index is 12.3. The number of para-hydroxylation sites is 1. The zero-order chi connectivity index (χ0) is 22.3. The van der Waals surface area contributed by atoms with Gasteiger partial charge in [0.1, 0.15) is 0 Å². The maximum Gasteiger partial charge on any atom is 0.250 e. The molecule has 0 saturated carbocycles. The van der Waals surface area contributed by atoms with Crippen molar-refractivity contribution in [3.8, 4) is 17.1 Å². The van der Waals surface area contributed by atoms with Gasteiger partial charge in [-0.3, -0.25) is 9.36 Å². The van der Waals surface area contributed by atoms with Crippen molar-refractivity contribution in [2.45, 2.75) is 5.16 Å². The lowest BCUT2D eigenvalue weighted by atomic mass is 10.2. The number of thioether (sulfide) groups is 1. The monoisotopic (exact) mass is 569 g/mol. The van der Waals surface area contributed by atoms with Crippen LogP contribution in [0.2, 0.25) is 0 Å². The van der Waals surface area contributed by atoms with Crippen LogP contribution in [0.25, 0.3) is 17.1 Å². The van der Waals surface area contributed by atoms with E-state index in [0.29, 0.717) is 11.0 Å². The predicted molar refractivity (Wildman–Crippen MR) is 135 cm³/mol. The fraction of sp³-hybridized carbons (Fsp3) is 0.0435. The summed E-state index contributed by atoms with van der Waals surface area (Å²) in [5.41, 5.74) is 5.29. The molecule has 0 radical (unpaired) electrons. The molecular weight excluding hydrogens is 554 g/mol. The lowest BCUT2D eigenvalue weighted by Gasteiger charge is -2.10. The summed E-state index contributed by atoms with van der Waals surface area (Å²) in [5, 5.41) is 13.4. The Morgan fingerprint density at radius 2 is 1.69 bits per heavy atom. The molecule has 0 spiro atoms. The number of carbonyl (C=O) groups excluding carboxylic acids is 1. The molecule has 4 aromatic rings. The minimum Gasteiger partial charge on any atom is -0.272 e. The normalized spacial score (nSPS) is 11.1. The first-order valence-corrected chi connectivity index (χ1v) is 12.1. The fourth-order valence-corrected chi connectivity index (χ4v) is 4.27. The summed E-state index contributed by atoms with van der Waals surface area (Å²) >= 11 is 8.22. The van der Waals surface area contributed by atoms with Crippen LogP contribution in [0.1, 0.15) is 5.56 Å². The van der Waals surface area contributed by atoms with Gasteiger partial charge in [-0.2, -0.15) is 5.10 Å². The summed E-state index contributed by atoms with van der Waals surface area (Å²) in [7, 11) is 0.